The third kappa shape index (κ3) is 4.10. The molecule has 1 spiro atoms. The van der Waals surface area contributed by atoms with Crippen LogP contribution in [0.2, 0.25) is 0 Å². The molecule has 3 aromatic rings. The number of aromatic nitrogens is 2. The van der Waals surface area contributed by atoms with Gasteiger partial charge in [-0.15, -0.1) is 11.3 Å². The molecule has 2 aromatic heterocycles. The van der Waals surface area contributed by atoms with Gasteiger partial charge < -0.3 is 14.5 Å². The van der Waals surface area contributed by atoms with Gasteiger partial charge in [-0.2, -0.15) is 5.26 Å². The Hall–Kier alpha value is -4.03. The molecule has 7 nitrogen and oxygen atoms in total. The number of anilines is 1. The summed E-state index contributed by atoms with van der Waals surface area (Å²) in [5.74, 6) is 0.193. The van der Waals surface area contributed by atoms with Crippen LogP contribution < -0.4 is 9.64 Å². The minimum atomic E-state index is -0.472. The number of nitrogens with zero attached hydrogens (tertiary/aromatic N) is 5. The number of carbonyl (C=O) groups excluding carboxylic acids is 1. The van der Waals surface area contributed by atoms with E-state index in [-0.39, 0.29) is 17.1 Å². The lowest BCUT2D eigenvalue weighted by Gasteiger charge is -2.47. The van der Waals surface area contributed by atoms with E-state index in [1.165, 1.54) is 24.8 Å². The summed E-state index contributed by atoms with van der Waals surface area (Å²) in [7, 11) is 1.45. The van der Waals surface area contributed by atoms with Gasteiger partial charge in [-0.25, -0.2) is 14.4 Å². The van der Waals surface area contributed by atoms with Gasteiger partial charge in [0.15, 0.2) is 11.6 Å². The molecule has 6 rings (SSSR count). The van der Waals surface area contributed by atoms with E-state index in [2.05, 4.69) is 28.6 Å². The molecule has 0 radical (unpaired) electrons. The summed E-state index contributed by atoms with van der Waals surface area (Å²) < 4.78 is 20.4. The fourth-order valence-electron chi connectivity index (χ4n) is 6.25. The van der Waals surface area contributed by atoms with Crippen molar-refractivity contribution in [1.29, 1.82) is 5.26 Å². The number of thiazole rings is 1. The van der Waals surface area contributed by atoms with Crippen LogP contribution in [0.3, 0.4) is 0 Å². The van der Waals surface area contributed by atoms with Gasteiger partial charge in [0.25, 0.3) is 0 Å². The standard InChI is InChI=1S/C30H28FN5O2S/c1-4-25(37)36-15-30(16-36)10-11-35(14-30)29-22(13-32)26(21-6-5-7-23(31)27(21)38-3)20-9-8-19(12-24(20)34-29)28-18(2)33-17-39-28/h4-7,12,17H,1,8-11,14-16H2,2-3H3. The Labute approximate surface area is 230 Å². The molecule has 198 valence electrons. The second-order valence-corrected chi connectivity index (χ2v) is 11.3. The first-order valence-electron chi connectivity index (χ1n) is 12.9. The van der Waals surface area contributed by atoms with Crippen molar-refractivity contribution in [3.05, 3.63) is 69.6 Å². The summed E-state index contributed by atoms with van der Waals surface area (Å²) >= 11 is 1.61. The van der Waals surface area contributed by atoms with Crippen LogP contribution in [-0.4, -0.2) is 54.1 Å². The number of para-hydroxylation sites is 1. The number of benzene rings is 1. The zero-order valence-electron chi connectivity index (χ0n) is 22.0. The number of halogens is 1. The maximum Gasteiger partial charge on any atom is 0.245 e. The van der Waals surface area contributed by atoms with E-state index < -0.39 is 5.82 Å². The lowest BCUT2D eigenvalue weighted by atomic mass is 9.79. The highest BCUT2D eigenvalue weighted by molar-refractivity contribution is 7.11. The minimum absolute atomic E-state index is 0.0273. The van der Waals surface area contributed by atoms with E-state index in [4.69, 9.17) is 9.72 Å². The number of methoxy groups -OCH3 is 1. The van der Waals surface area contributed by atoms with Gasteiger partial charge in [-0.3, -0.25) is 4.79 Å². The number of carbonyl (C=O) groups is 1. The summed E-state index contributed by atoms with van der Waals surface area (Å²) in [4.78, 5) is 26.7. The number of ether oxygens (including phenoxy) is 1. The van der Waals surface area contributed by atoms with Crippen molar-refractivity contribution in [3.8, 4) is 22.9 Å². The lowest BCUT2D eigenvalue weighted by Crippen LogP contribution is -2.59. The number of hydrogen-bond donors (Lipinski definition) is 0. The topological polar surface area (TPSA) is 82.4 Å². The third-order valence-electron chi connectivity index (χ3n) is 8.13. The monoisotopic (exact) mass is 541 g/mol. The molecule has 1 aromatic carbocycles. The Balaban J connectivity index is 1.50. The van der Waals surface area contributed by atoms with Crippen LogP contribution in [0.5, 0.6) is 5.75 Å². The quantitative estimate of drug-likeness (QED) is 0.411. The minimum Gasteiger partial charge on any atom is -0.493 e. The zero-order valence-corrected chi connectivity index (χ0v) is 22.8. The van der Waals surface area contributed by atoms with Crippen molar-refractivity contribution >= 4 is 34.7 Å². The SMILES string of the molecule is C=CC(=O)N1CC2(CCN(c3nc4c(c(-c5cccc(F)c5OC)c3C#N)CCC(c3scnc3C)=C4)C2)C1. The molecule has 2 fully saturated rings. The molecule has 2 saturated heterocycles. The zero-order chi connectivity index (χ0) is 27.3. The molecule has 39 heavy (non-hydrogen) atoms. The summed E-state index contributed by atoms with van der Waals surface area (Å²) in [6, 6.07) is 7.24. The van der Waals surface area contributed by atoms with E-state index in [0.717, 1.165) is 41.2 Å². The smallest absolute Gasteiger partial charge is 0.245 e. The van der Waals surface area contributed by atoms with Gasteiger partial charge in [-0.05, 0) is 55.5 Å². The number of amides is 1. The summed E-state index contributed by atoms with van der Waals surface area (Å²) in [5, 5.41) is 10.5. The number of pyridine rings is 1. The van der Waals surface area contributed by atoms with Crippen molar-refractivity contribution in [2.45, 2.75) is 26.2 Å². The van der Waals surface area contributed by atoms with Gasteiger partial charge in [0.05, 0.1) is 28.9 Å². The molecular formula is C30H28FN5O2S. The van der Waals surface area contributed by atoms with Crippen LogP contribution in [0.1, 0.15) is 40.2 Å². The van der Waals surface area contributed by atoms with Gasteiger partial charge in [0, 0.05) is 42.7 Å². The number of allylic oxidation sites excluding steroid dienone is 1. The second kappa shape index (κ2) is 9.62. The number of aryl methyl sites for hydroxylation is 1. The van der Waals surface area contributed by atoms with Crippen molar-refractivity contribution in [2.24, 2.45) is 5.41 Å². The first-order valence-corrected chi connectivity index (χ1v) is 13.8. The molecule has 4 heterocycles. The Bertz CT molecular complexity index is 1580. The van der Waals surface area contributed by atoms with Gasteiger partial charge >= 0.3 is 0 Å². The highest BCUT2D eigenvalue weighted by Crippen LogP contribution is 2.47. The highest BCUT2D eigenvalue weighted by atomic mass is 32.1. The Morgan fingerprint density at radius 1 is 1.31 bits per heavy atom. The first kappa shape index (κ1) is 25.3. The highest BCUT2D eigenvalue weighted by Gasteiger charge is 2.49. The van der Waals surface area contributed by atoms with Crippen molar-refractivity contribution < 1.29 is 13.9 Å². The molecule has 2 aliphatic heterocycles. The number of likely N-dealkylation sites (tertiary alicyclic amines) is 1. The number of hydrogen-bond acceptors (Lipinski definition) is 7. The molecule has 0 N–H and O–H groups in total. The van der Waals surface area contributed by atoms with Crippen LogP contribution in [0.15, 0.2) is 36.4 Å². The van der Waals surface area contributed by atoms with Crippen LogP contribution >= 0.6 is 11.3 Å². The van der Waals surface area contributed by atoms with Crippen LogP contribution in [0.25, 0.3) is 22.8 Å². The average Bonchev–Trinajstić information content (AvgIpc) is 3.57. The molecule has 9 heteroatoms. The Morgan fingerprint density at radius 3 is 2.82 bits per heavy atom. The Kier molecular flexibility index (Phi) is 6.23. The van der Waals surface area contributed by atoms with E-state index in [1.807, 2.05) is 18.5 Å². The van der Waals surface area contributed by atoms with Crippen molar-refractivity contribution in [3.63, 3.8) is 0 Å². The fraction of sp³-hybridized carbons (Fsp3) is 0.333. The molecule has 1 aliphatic carbocycles. The van der Waals surface area contributed by atoms with E-state index >= 15 is 0 Å². The van der Waals surface area contributed by atoms with Crippen molar-refractivity contribution in [2.75, 3.05) is 38.2 Å². The number of fused-ring (bicyclic) bond motifs is 1. The normalized spacial score (nSPS) is 17.3. The largest absolute Gasteiger partial charge is 0.493 e. The molecule has 0 bridgehead atoms. The molecule has 3 aliphatic rings. The molecular weight excluding hydrogens is 513 g/mol. The summed E-state index contributed by atoms with van der Waals surface area (Å²) in [5.41, 5.74) is 7.36. The van der Waals surface area contributed by atoms with Crippen molar-refractivity contribution in [1.82, 2.24) is 14.9 Å². The maximum atomic E-state index is 14.9. The molecule has 0 unspecified atom stereocenters. The summed E-state index contributed by atoms with van der Waals surface area (Å²) in [6.45, 7) is 8.36. The van der Waals surface area contributed by atoms with Gasteiger partial charge in [0.1, 0.15) is 17.5 Å². The number of rotatable bonds is 5. The average molecular weight is 542 g/mol. The van der Waals surface area contributed by atoms with E-state index in [0.29, 0.717) is 48.6 Å². The predicted molar refractivity (Wildman–Crippen MR) is 150 cm³/mol. The maximum absolute atomic E-state index is 14.9. The van der Waals surface area contributed by atoms with Crippen LogP contribution in [0, 0.1) is 29.5 Å². The van der Waals surface area contributed by atoms with Gasteiger partial charge in [0.2, 0.25) is 5.91 Å². The molecule has 0 atom stereocenters. The fourth-order valence-corrected chi connectivity index (χ4v) is 7.11. The van der Waals surface area contributed by atoms with Gasteiger partial charge in [-0.1, -0.05) is 18.7 Å². The second-order valence-electron chi connectivity index (χ2n) is 10.5. The molecule has 1 amide bonds. The third-order valence-corrected chi connectivity index (χ3v) is 9.14. The van der Waals surface area contributed by atoms with Crippen LogP contribution in [-0.2, 0) is 11.2 Å². The van der Waals surface area contributed by atoms with E-state index in [1.54, 1.807) is 22.3 Å². The summed E-state index contributed by atoms with van der Waals surface area (Å²) in [6.07, 6.45) is 5.78. The molecule has 0 saturated carbocycles. The first-order chi connectivity index (χ1) is 18.9. The Morgan fingerprint density at radius 2 is 2.13 bits per heavy atom. The lowest BCUT2D eigenvalue weighted by molar-refractivity contribution is -0.136. The predicted octanol–water partition coefficient (Wildman–Crippen LogP) is 5.24. The van der Waals surface area contributed by atoms with E-state index in [9.17, 15) is 14.4 Å². The van der Waals surface area contributed by atoms with Crippen LogP contribution in [0.4, 0.5) is 10.2 Å². The number of nitriles is 1.